The van der Waals surface area contributed by atoms with Crippen molar-refractivity contribution in [3.05, 3.63) is 57.1 Å². The predicted molar refractivity (Wildman–Crippen MR) is 97.8 cm³/mol. The Bertz CT molecular complexity index is 851. The maximum atomic E-state index is 12.6. The van der Waals surface area contributed by atoms with E-state index in [-0.39, 0.29) is 11.4 Å². The Labute approximate surface area is 152 Å². The summed E-state index contributed by atoms with van der Waals surface area (Å²) in [7, 11) is -2.22. The summed E-state index contributed by atoms with van der Waals surface area (Å²) in [5, 5.41) is 1.06. The third-order valence-electron chi connectivity index (χ3n) is 3.77. The van der Waals surface area contributed by atoms with Gasteiger partial charge in [-0.2, -0.15) is 0 Å². The number of rotatable bonds is 6. The molecule has 130 valence electrons. The lowest BCUT2D eigenvalue weighted by molar-refractivity contribution is 0.402. The molecular weight excluding hydrogens is 369 g/mol. The van der Waals surface area contributed by atoms with Gasteiger partial charge in [0.2, 0.25) is 10.0 Å². The summed E-state index contributed by atoms with van der Waals surface area (Å²) in [5.41, 5.74) is 2.69. The van der Waals surface area contributed by atoms with Crippen LogP contribution in [0.2, 0.25) is 10.0 Å². The molecule has 0 aliphatic heterocycles. The fourth-order valence-electron chi connectivity index (χ4n) is 2.25. The minimum atomic E-state index is -3.68. The number of halogens is 2. The number of hydrogen-bond acceptors (Lipinski definition) is 3. The highest BCUT2D eigenvalue weighted by atomic mass is 35.5. The van der Waals surface area contributed by atoms with Crippen LogP contribution in [0.15, 0.2) is 35.2 Å². The van der Waals surface area contributed by atoms with E-state index in [1.807, 2.05) is 13.8 Å². The predicted octanol–water partition coefficient (Wildman–Crippen LogP) is 4.14. The molecule has 0 spiro atoms. The summed E-state index contributed by atoms with van der Waals surface area (Å²) in [4.78, 5) is 0.135. The van der Waals surface area contributed by atoms with Crippen molar-refractivity contribution < 1.29 is 13.2 Å². The van der Waals surface area contributed by atoms with Crippen LogP contribution in [0.3, 0.4) is 0 Å². The molecule has 0 fully saturated rings. The first-order valence-electron chi connectivity index (χ1n) is 7.33. The lowest BCUT2D eigenvalue weighted by Crippen LogP contribution is -2.26. The Morgan fingerprint density at radius 2 is 1.75 bits per heavy atom. The van der Waals surface area contributed by atoms with Gasteiger partial charge in [-0.3, -0.25) is 0 Å². The summed E-state index contributed by atoms with van der Waals surface area (Å²) in [6, 6.07) is 8.49. The Morgan fingerprint density at radius 1 is 1.08 bits per heavy atom. The zero-order valence-corrected chi connectivity index (χ0v) is 16.0. The summed E-state index contributed by atoms with van der Waals surface area (Å²) >= 11 is 12.0. The smallest absolute Gasteiger partial charge is 0.244 e. The molecule has 1 N–H and O–H groups in total. The summed E-state index contributed by atoms with van der Waals surface area (Å²) < 4.78 is 32.9. The van der Waals surface area contributed by atoms with Gasteiger partial charge in [0, 0.05) is 16.6 Å². The van der Waals surface area contributed by atoms with Gasteiger partial charge in [-0.1, -0.05) is 29.3 Å². The monoisotopic (exact) mass is 387 g/mol. The summed E-state index contributed by atoms with van der Waals surface area (Å²) in [6.07, 6.45) is 0.461. The van der Waals surface area contributed by atoms with Gasteiger partial charge in [0.15, 0.2) is 0 Å². The molecular formula is C17H19Cl2NO3S. The second-order valence-electron chi connectivity index (χ2n) is 5.47. The lowest BCUT2D eigenvalue weighted by Gasteiger charge is -2.13. The molecule has 0 aliphatic rings. The Balaban J connectivity index is 2.16. The van der Waals surface area contributed by atoms with E-state index in [0.717, 1.165) is 16.7 Å². The van der Waals surface area contributed by atoms with Crippen molar-refractivity contribution >= 4 is 33.2 Å². The quantitative estimate of drug-likeness (QED) is 0.809. The average molecular weight is 388 g/mol. The Hall–Kier alpha value is -1.27. The molecule has 0 aromatic heterocycles. The molecule has 0 amide bonds. The van der Waals surface area contributed by atoms with Gasteiger partial charge < -0.3 is 4.74 Å². The van der Waals surface area contributed by atoms with E-state index in [1.165, 1.54) is 7.11 Å². The van der Waals surface area contributed by atoms with Gasteiger partial charge in [0.25, 0.3) is 0 Å². The van der Waals surface area contributed by atoms with E-state index in [9.17, 15) is 8.42 Å². The van der Waals surface area contributed by atoms with Crippen molar-refractivity contribution in [1.82, 2.24) is 4.72 Å². The van der Waals surface area contributed by atoms with Gasteiger partial charge in [0.1, 0.15) is 10.6 Å². The van der Waals surface area contributed by atoms with Crippen molar-refractivity contribution in [2.24, 2.45) is 0 Å². The van der Waals surface area contributed by atoms with Gasteiger partial charge in [0.05, 0.1) is 7.11 Å². The van der Waals surface area contributed by atoms with Crippen LogP contribution in [-0.2, 0) is 16.4 Å². The number of methoxy groups -OCH3 is 1. The van der Waals surface area contributed by atoms with Crippen LogP contribution in [0.25, 0.3) is 0 Å². The van der Waals surface area contributed by atoms with Gasteiger partial charge in [-0.15, -0.1) is 0 Å². The minimum Gasteiger partial charge on any atom is -0.495 e. The van der Waals surface area contributed by atoms with Crippen LogP contribution in [0.4, 0.5) is 0 Å². The van der Waals surface area contributed by atoms with E-state index in [0.29, 0.717) is 22.2 Å². The van der Waals surface area contributed by atoms with Crippen molar-refractivity contribution in [2.75, 3.05) is 13.7 Å². The maximum absolute atomic E-state index is 12.6. The van der Waals surface area contributed by atoms with Crippen molar-refractivity contribution in [1.29, 1.82) is 0 Å². The van der Waals surface area contributed by atoms with Gasteiger partial charge in [-0.05, 0) is 61.2 Å². The first-order chi connectivity index (χ1) is 11.2. The van der Waals surface area contributed by atoms with Crippen molar-refractivity contribution in [3.8, 4) is 5.75 Å². The van der Waals surface area contributed by atoms with Crippen LogP contribution in [-0.4, -0.2) is 22.1 Å². The first kappa shape index (κ1) is 19.1. The topological polar surface area (TPSA) is 55.4 Å². The SMILES string of the molecule is COc1cc(C)c(C)cc1S(=O)(=O)NCCc1ccc(Cl)cc1Cl. The second kappa shape index (κ2) is 7.74. The van der Waals surface area contributed by atoms with E-state index >= 15 is 0 Å². The third kappa shape index (κ3) is 4.42. The molecule has 0 aliphatic carbocycles. The molecule has 2 rings (SSSR count). The average Bonchev–Trinajstić information content (AvgIpc) is 2.51. The van der Waals surface area contributed by atoms with E-state index in [1.54, 1.807) is 30.3 Å². The second-order valence-corrected chi connectivity index (χ2v) is 8.05. The highest BCUT2D eigenvalue weighted by Gasteiger charge is 2.20. The highest BCUT2D eigenvalue weighted by molar-refractivity contribution is 7.89. The molecule has 0 bridgehead atoms. The number of ether oxygens (including phenoxy) is 1. The summed E-state index contributed by atoms with van der Waals surface area (Å²) in [6.45, 7) is 3.99. The first-order valence-corrected chi connectivity index (χ1v) is 9.57. The van der Waals surface area contributed by atoms with E-state index in [4.69, 9.17) is 27.9 Å². The Morgan fingerprint density at radius 3 is 2.38 bits per heavy atom. The molecule has 2 aromatic rings. The molecule has 0 heterocycles. The zero-order chi connectivity index (χ0) is 17.9. The van der Waals surface area contributed by atoms with Crippen LogP contribution >= 0.6 is 23.2 Å². The molecule has 2 aromatic carbocycles. The number of sulfonamides is 1. The summed E-state index contributed by atoms with van der Waals surface area (Å²) in [5.74, 6) is 0.329. The van der Waals surface area contributed by atoms with Crippen LogP contribution in [0.5, 0.6) is 5.75 Å². The minimum absolute atomic E-state index is 0.135. The lowest BCUT2D eigenvalue weighted by atomic mass is 10.1. The van der Waals surface area contributed by atoms with Crippen molar-refractivity contribution in [3.63, 3.8) is 0 Å². The zero-order valence-electron chi connectivity index (χ0n) is 13.7. The maximum Gasteiger partial charge on any atom is 0.244 e. The standard InChI is InChI=1S/C17H19Cl2NO3S/c1-11-8-16(23-3)17(9-12(11)2)24(21,22)20-7-6-13-4-5-14(18)10-15(13)19/h4-5,8-10,20H,6-7H2,1-3H3. The fraction of sp³-hybridized carbons (Fsp3) is 0.294. The van der Waals surface area contributed by atoms with Crippen LogP contribution in [0.1, 0.15) is 16.7 Å². The third-order valence-corrected chi connectivity index (χ3v) is 5.84. The molecule has 0 unspecified atom stereocenters. The largest absolute Gasteiger partial charge is 0.495 e. The number of aryl methyl sites for hydroxylation is 2. The molecule has 4 nitrogen and oxygen atoms in total. The van der Waals surface area contributed by atoms with Crippen LogP contribution < -0.4 is 9.46 Å². The van der Waals surface area contributed by atoms with Gasteiger partial charge >= 0.3 is 0 Å². The number of nitrogens with one attached hydrogen (secondary N) is 1. The fourth-order valence-corrected chi connectivity index (χ4v) is 4.02. The molecule has 0 radical (unpaired) electrons. The Kier molecular flexibility index (Phi) is 6.15. The van der Waals surface area contributed by atoms with Gasteiger partial charge in [-0.25, -0.2) is 13.1 Å². The molecule has 0 saturated carbocycles. The number of benzene rings is 2. The molecule has 7 heteroatoms. The number of hydrogen-bond donors (Lipinski definition) is 1. The van der Waals surface area contributed by atoms with Crippen LogP contribution in [0, 0.1) is 13.8 Å². The molecule has 0 saturated heterocycles. The normalized spacial score (nSPS) is 11.5. The van der Waals surface area contributed by atoms with E-state index in [2.05, 4.69) is 4.72 Å². The highest BCUT2D eigenvalue weighted by Crippen LogP contribution is 2.27. The van der Waals surface area contributed by atoms with Crippen molar-refractivity contribution in [2.45, 2.75) is 25.2 Å². The van der Waals surface area contributed by atoms with E-state index < -0.39 is 10.0 Å². The molecule has 0 atom stereocenters. The molecule has 24 heavy (non-hydrogen) atoms.